The van der Waals surface area contributed by atoms with Crippen molar-refractivity contribution in [3.63, 3.8) is 0 Å². The molecule has 1 aromatic carbocycles. The van der Waals surface area contributed by atoms with Gasteiger partial charge in [-0.25, -0.2) is 0 Å². The molecular weight excluding hydrogens is 224 g/mol. The van der Waals surface area contributed by atoms with Crippen molar-refractivity contribution in [2.75, 3.05) is 26.7 Å². The first-order valence-electron chi connectivity index (χ1n) is 6.65. The lowest BCUT2D eigenvalue weighted by atomic mass is 9.84. The van der Waals surface area contributed by atoms with E-state index in [2.05, 4.69) is 31.3 Å². The Labute approximate surface area is 111 Å². The highest BCUT2D eigenvalue weighted by Crippen LogP contribution is 2.25. The number of nitrogens with one attached hydrogen (secondary N) is 1. The second kappa shape index (κ2) is 7.39. The first-order valence-corrected chi connectivity index (χ1v) is 6.65. The van der Waals surface area contributed by atoms with Gasteiger partial charge in [0.25, 0.3) is 0 Å². The molecule has 0 bridgehead atoms. The summed E-state index contributed by atoms with van der Waals surface area (Å²) in [5.74, 6) is 0.920. The molecule has 0 saturated carbocycles. The molecule has 3 N–H and O–H groups in total. The van der Waals surface area contributed by atoms with Gasteiger partial charge in [0.05, 0.1) is 7.11 Å². The smallest absolute Gasteiger partial charge is 0.119 e. The molecule has 0 saturated heterocycles. The van der Waals surface area contributed by atoms with Crippen molar-refractivity contribution in [3.05, 3.63) is 29.8 Å². The van der Waals surface area contributed by atoms with Gasteiger partial charge in [0, 0.05) is 12.0 Å². The van der Waals surface area contributed by atoms with Gasteiger partial charge in [-0.2, -0.15) is 0 Å². The molecule has 0 fully saturated rings. The Bertz CT molecular complexity index is 350. The maximum Gasteiger partial charge on any atom is 0.119 e. The summed E-state index contributed by atoms with van der Waals surface area (Å²) in [7, 11) is 1.71. The van der Waals surface area contributed by atoms with E-state index in [0.29, 0.717) is 0 Å². The van der Waals surface area contributed by atoms with E-state index in [4.69, 9.17) is 10.5 Å². The second-order valence-electron chi connectivity index (χ2n) is 5.29. The Morgan fingerprint density at radius 3 is 2.72 bits per heavy atom. The second-order valence-corrected chi connectivity index (χ2v) is 5.29. The number of hydrogen-bond acceptors (Lipinski definition) is 3. The average molecular weight is 250 g/mol. The van der Waals surface area contributed by atoms with Crippen LogP contribution in [0.4, 0.5) is 0 Å². The van der Waals surface area contributed by atoms with E-state index in [9.17, 15) is 0 Å². The molecular formula is C15H26N2O. The fourth-order valence-electron chi connectivity index (χ4n) is 1.94. The van der Waals surface area contributed by atoms with Crippen LogP contribution in [0, 0.1) is 0 Å². The molecule has 0 atom stereocenters. The monoisotopic (exact) mass is 250 g/mol. The molecule has 3 heteroatoms. The van der Waals surface area contributed by atoms with Crippen LogP contribution in [0.5, 0.6) is 5.75 Å². The zero-order valence-electron chi connectivity index (χ0n) is 11.8. The third kappa shape index (κ3) is 4.67. The number of nitrogens with two attached hydrogens (primary N) is 1. The standard InChI is InChI=1S/C15H26N2O/c1-15(2,12-17-10-5-4-9-16)13-7-6-8-14(11-13)18-3/h6-8,11,17H,4-5,9-10,12,16H2,1-3H3. The molecule has 102 valence electrons. The van der Waals surface area contributed by atoms with Crippen molar-refractivity contribution in [2.45, 2.75) is 32.1 Å². The summed E-state index contributed by atoms with van der Waals surface area (Å²) in [5, 5.41) is 3.50. The molecule has 1 aromatic rings. The third-order valence-electron chi connectivity index (χ3n) is 3.23. The molecule has 0 amide bonds. The Morgan fingerprint density at radius 2 is 2.06 bits per heavy atom. The van der Waals surface area contributed by atoms with Crippen molar-refractivity contribution in [1.29, 1.82) is 0 Å². The summed E-state index contributed by atoms with van der Waals surface area (Å²) in [5.41, 5.74) is 6.89. The van der Waals surface area contributed by atoms with Gasteiger partial charge in [-0.3, -0.25) is 0 Å². The molecule has 0 aliphatic carbocycles. The number of unbranched alkanes of at least 4 members (excludes halogenated alkanes) is 1. The topological polar surface area (TPSA) is 47.3 Å². The molecule has 0 radical (unpaired) electrons. The van der Waals surface area contributed by atoms with Crippen molar-refractivity contribution < 1.29 is 4.74 Å². The lowest BCUT2D eigenvalue weighted by Crippen LogP contribution is -2.33. The Hall–Kier alpha value is -1.06. The zero-order chi connectivity index (χ0) is 13.4. The van der Waals surface area contributed by atoms with E-state index in [0.717, 1.165) is 38.2 Å². The van der Waals surface area contributed by atoms with Gasteiger partial charge in [0.2, 0.25) is 0 Å². The van der Waals surface area contributed by atoms with Gasteiger partial charge >= 0.3 is 0 Å². The molecule has 0 aliphatic heterocycles. The fraction of sp³-hybridized carbons (Fsp3) is 0.600. The summed E-state index contributed by atoms with van der Waals surface area (Å²) in [6.07, 6.45) is 2.23. The molecule has 3 nitrogen and oxygen atoms in total. The summed E-state index contributed by atoms with van der Waals surface area (Å²) in [6.45, 7) is 7.27. The predicted molar refractivity (Wildman–Crippen MR) is 77.2 cm³/mol. The normalized spacial score (nSPS) is 11.6. The lowest BCUT2D eigenvalue weighted by molar-refractivity contribution is 0.410. The number of benzene rings is 1. The van der Waals surface area contributed by atoms with Gasteiger partial charge in [0.15, 0.2) is 0 Å². The van der Waals surface area contributed by atoms with Gasteiger partial charge in [-0.1, -0.05) is 26.0 Å². The minimum absolute atomic E-state index is 0.108. The summed E-state index contributed by atoms with van der Waals surface area (Å²) in [4.78, 5) is 0. The van der Waals surface area contributed by atoms with Crippen molar-refractivity contribution >= 4 is 0 Å². The maximum atomic E-state index is 5.48. The molecule has 1 rings (SSSR count). The largest absolute Gasteiger partial charge is 0.497 e. The van der Waals surface area contributed by atoms with Crippen LogP contribution in [0.3, 0.4) is 0 Å². The predicted octanol–water partition coefficient (Wildman–Crippen LogP) is 2.30. The van der Waals surface area contributed by atoms with E-state index < -0.39 is 0 Å². The lowest BCUT2D eigenvalue weighted by Gasteiger charge is -2.26. The Kier molecular flexibility index (Phi) is 6.16. The first kappa shape index (κ1) is 15.0. The van der Waals surface area contributed by atoms with E-state index in [1.807, 2.05) is 12.1 Å². The molecule has 0 spiro atoms. The summed E-state index contributed by atoms with van der Waals surface area (Å²) >= 11 is 0. The van der Waals surface area contributed by atoms with E-state index in [1.165, 1.54) is 5.56 Å². The molecule has 0 aliphatic rings. The van der Waals surface area contributed by atoms with Crippen LogP contribution in [0.2, 0.25) is 0 Å². The quantitative estimate of drug-likeness (QED) is 0.696. The minimum Gasteiger partial charge on any atom is -0.497 e. The number of rotatable bonds is 8. The van der Waals surface area contributed by atoms with E-state index >= 15 is 0 Å². The molecule has 0 unspecified atom stereocenters. The summed E-state index contributed by atoms with van der Waals surface area (Å²) in [6, 6.07) is 8.30. The number of ether oxygens (including phenoxy) is 1. The molecule has 18 heavy (non-hydrogen) atoms. The van der Waals surface area contributed by atoms with Crippen molar-refractivity contribution in [2.24, 2.45) is 5.73 Å². The maximum absolute atomic E-state index is 5.48. The van der Waals surface area contributed by atoms with Crippen LogP contribution < -0.4 is 15.8 Å². The molecule has 0 heterocycles. The van der Waals surface area contributed by atoms with Gasteiger partial charge < -0.3 is 15.8 Å². The van der Waals surface area contributed by atoms with Crippen LogP contribution >= 0.6 is 0 Å². The van der Waals surface area contributed by atoms with Crippen LogP contribution in [0.1, 0.15) is 32.3 Å². The third-order valence-corrected chi connectivity index (χ3v) is 3.23. The average Bonchev–Trinajstić information content (AvgIpc) is 2.38. The summed E-state index contributed by atoms with van der Waals surface area (Å²) < 4.78 is 5.27. The highest BCUT2D eigenvalue weighted by molar-refractivity contribution is 5.33. The highest BCUT2D eigenvalue weighted by Gasteiger charge is 2.20. The van der Waals surface area contributed by atoms with Gasteiger partial charge in [-0.15, -0.1) is 0 Å². The first-order chi connectivity index (χ1) is 8.60. The molecule has 0 aromatic heterocycles. The number of hydrogen-bond donors (Lipinski definition) is 2. The van der Waals surface area contributed by atoms with Crippen LogP contribution in [-0.2, 0) is 5.41 Å². The van der Waals surface area contributed by atoms with Crippen molar-refractivity contribution in [3.8, 4) is 5.75 Å². The van der Waals surface area contributed by atoms with Gasteiger partial charge in [-0.05, 0) is 43.6 Å². The number of methoxy groups -OCH3 is 1. The zero-order valence-corrected chi connectivity index (χ0v) is 11.8. The van der Waals surface area contributed by atoms with Crippen LogP contribution in [0.25, 0.3) is 0 Å². The van der Waals surface area contributed by atoms with E-state index in [-0.39, 0.29) is 5.41 Å². The SMILES string of the molecule is COc1cccc(C(C)(C)CNCCCCN)c1. The van der Waals surface area contributed by atoms with Crippen molar-refractivity contribution in [1.82, 2.24) is 5.32 Å². The van der Waals surface area contributed by atoms with E-state index in [1.54, 1.807) is 7.11 Å². The Morgan fingerprint density at radius 1 is 1.28 bits per heavy atom. The fourth-order valence-corrected chi connectivity index (χ4v) is 1.94. The minimum atomic E-state index is 0.108. The van der Waals surface area contributed by atoms with Crippen LogP contribution in [0.15, 0.2) is 24.3 Å². The van der Waals surface area contributed by atoms with Crippen LogP contribution in [-0.4, -0.2) is 26.7 Å². The highest BCUT2D eigenvalue weighted by atomic mass is 16.5. The van der Waals surface area contributed by atoms with Gasteiger partial charge in [0.1, 0.15) is 5.75 Å². The Balaban J connectivity index is 2.50.